The summed E-state index contributed by atoms with van der Waals surface area (Å²) >= 11 is 0. The second kappa shape index (κ2) is 5.77. The molecule has 1 aliphatic heterocycles. The van der Waals surface area contributed by atoms with Crippen LogP contribution in [0.5, 0.6) is 0 Å². The Hall–Kier alpha value is -1.40. The molecule has 116 valence electrons. The van der Waals surface area contributed by atoms with Crippen LogP contribution >= 0.6 is 0 Å². The third kappa shape index (κ3) is 3.27. The summed E-state index contributed by atoms with van der Waals surface area (Å²) in [6.07, 6.45) is 2.04. The fraction of sp³-hybridized carbons (Fsp3) is 0.533. The van der Waals surface area contributed by atoms with E-state index in [1.165, 1.54) is 12.1 Å². The maximum Gasteiger partial charge on any atom is 0.254 e. The largest absolute Gasteiger partial charge is 0.336 e. The van der Waals surface area contributed by atoms with Gasteiger partial charge in [0, 0.05) is 24.4 Å². The summed E-state index contributed by atoms with van der Waals surface area (Å²) < 4.78 is 23.3. The molecule has 0 spiro atoms. The molecular weight excluding hydrogens is 288 g/mol. The Bertz CT molecular complexity index is 655. The van der Waals surface area contributed by atoms with Crippen molar-refractivity contribution in [1.29, 1.82) is 0 Å². The van der Waals surface area contributed by atoms with Crippen LogP contribution in [-0.2, 0) is 9.84 Å². The van der Waals surface area contributed by atoms with Crippen molar-refractivity contribution in [3.63, 3.8) is 0 Å². The minimum atomic E-state index is -3.32. The Kier molecular flexibility index (Phi) is 4.39. The number of hydrogen-bond acceptors (Lipinski definition) is 4. The van der Waals surface area contributed by atoms with Crippen LogP contribution in [-0.4, -0.2) is 44.6 Å². The molecule has 21 heavy (non-hydrogen) atoms. The summed E-state index contributed by atoms with van der Waals surface area (Å²) in [5.74, 6) is 0.212. The number of nitrogens with zero attached hydrogens (tertiary/aromatic N) is 1. The first-order chi connectivity index (χ1) is 9.74. The number of nitrogens with two attached hydrogens (primary N) is 1. The highest BCUT2D eigenvalue weighted by atomic mass is 32.2. The molecule has 0 saturated carbocycles. The van der Waals surface area contributed by atoms with Gasteiger partial charge in [-0.3, -0.25) is 4.79 Å². The van der Waals surface area contributed by atoms with E-state index in [0.717, 1.165) is 18.2 Å². The molecule has 2 unspecified atom stereocenters. The number of hydrogen-bond donors (Lipinski definition) is 1. The molecule has 1 aliphatic rings. The third-order valence-electron chi connectivity index (χ3n) is 4.12. The van der Waals surface area contributed by atoms with Gasteiger partial charge in [-0.15, -0.1) is 0 Å². The van der Waals surface area contributed by atoms with E-state index in [-0.39, 0.29) is 16.8 Å². The van der Waals surface area contributed by atoms with Crippen molar-refractivity contribution in [3.05, 3.63) is 29.3 Å². The van der Waals surface area contributed by atoms with E-state index in [1.54, 1.807) is 11.0 Å². The molecular formula is C15H22N2O3S. The maximum atomic E-state index is 12.7. The maximum absolute atomic E-state index is 12.7. The lowest BCUT2D eigenvalue weighted by Gasteiger charge is -2.22. The van der Waals surface area contributed by atoms with Gasteiger partial charge in [0.25, 0.3) is 5.91 Å². The third-order valence-corrected chi connectivity index (χ3v) is 5.23. The monoisotopic (exact) mass is 310 g/mol. The van der Waals surface area contributed by atoms with Crippen molar-refractivity contribution >= 4 is 15.7 Å². The van der Waals surface area contributed by atoms with Gasteiger partial charge in [0.15, 0.2) is 9.84 Å². The minimum Gasteiger partial charge on any atom is -0.336 e. The predicted molar refractivity (Wildman–Crippen MR) is 81.9 cm³/mol. The number of amides is 1. The summed E-state index contributed by atoms with van der Waals surface area (Å²) in [6.45, 7) is 5.03. The van der Waals surface area contributed by atoms with E-state index in [4.69, 9.17) is 5.73 Å². The molecule has 1 aromatic carbocycles. The summed E-state index contributed by atoms with van der Waals surface area (Å²) in [5.41, 5.74) is 6.94. The molecule has 1 fully saturated rings. The van der Waals surface area contributed by atoms with Crippen molar-refractivity contribution in [2.24, 2.45) is 11.7 Å². The van der Waals surface area contributed by atoms with E-state index in [0.29, 0.717) is 24.6 Å². The lowest BCUT2D eigenvalue weighted by Crippen LogP contribution is -2.35. The normalized spacial score (nSPS) is 22.6. The van der Waals surface area contributed by atoms with Crippen LogP contribution in [0.3, 0.4) is 0 Å². The molecule has 6 heteroatoms. The molecule has 1 aromatic rings. The molecule has 2 rings (SSSR count). The number of likely N-dealkylation sites (tertiary alicyclic amines) is 1. The van der Waals surface area contributed by atoms with Gasteiger partial charge in [0.05, 0.1) is 4.90 Å². The van der Waals surface area contributed by atoms with Crippen LogP contribution in [0.2, 0.25) is 0 Å². The van der Waals surface area contributed by atoms with Crippen LogP contribution in [0.25, 0.3) is 0 Å². The SMILES string of the molecule is Cc1ccc(S(C)(=O)=O)cc1C(=O)N1CC(CN)CC1C. The Morgan fingerprint density at radius 2 is 2.10 bits per heavy atom. The number of carbonyl (C=O) groups is 1. The van der Waals surface area contributed by atoms with Gasteiger partial charge >= 0.3 is 0 Å². The zero-order valence-corrected chi connectivity index (χ0v) is 13.5. The average Bonchev–Trinajstić information content (AvgIpc) is 2.78. The molecule has 0 bridgehead atoms. The van der Waals surface area contributed by atoms with Gasteiger partial charge in [-0.25, -0.2) is 8.42 Å². The number of rotatable bonds is 3. The van der Waals surface area contributed by atoms with E-state index in [1.807, 2.05) is 13.8 Å². The highest BCUT2D eigenvalue weighted by Crippen LogP contribution is 2.26. The fourth-order valence-corrected chi connectivity index (χ4v) is 3.46. The zero-order chi connectivity index (χ0) is 15.8. The lowest BCUT2D eigenvalue weighted by atomic mass is 10.1. The van der Waals surface area contributed by atoms with Crippen molar-refractivity contribution in [3.8, 4) is 0 Å². The van der Waals surface area contributed by atoms with Gasteiger partial charge in [-0.1, -0.05) is 6.07 Å². The van der Waals surface area contributed by atoms with Crippen LogP contribution in [0.4, 0.5) is 0 Å². The minimum absolute atomic E-state index is 0.110. The van der Waals surface area contributed by atoms with Crippen molar-refractivity contribution in [2.75, 3.05) is 19.3 Å². The van der Waals surface area contributed by atoms with Crippen LogP contribution < -0.4 is 5.73 Å². The van der Waals surface area contributed by atoms with Gasteiger partial charge < -0.3 is 10.6 Å². The van der Waals surface area contributed by atoms with E-state index in [9.17, 15) is 13.2 Å². The quantitative estimate of drug-likeness (QED) is 0.910. The standard InChI is InChI=1S/C15H22N2O3S/c1-10-4-5-13(21(3,19)20)7-14(10)15(18)17-9-12(8-16)6-11(17)2/h4-5,7,11-12H,6,8-9,16H2,1-3H3. The topological polar surface area (TPSA) is 80.5 Å². The fourth-order valence-electron chi connectivity index (χ4n) is 2.81. The van der Waals surface area contributed by atoms with E-state index in [2.05, 4.69) is 0 Å². The summed E-state index contributed by atoms with van der Waals surface area (Å²) in [5, 5.41) is 0. The number of aryl methyl sites for hydroxylation is 1. The predicted octanol–water partition coefficient (Wildman–Crippen LogP) is 1.21. The summed E-state index contributed by atoms with van der Waals surface area (Å²) in [4.78, 5) is 14.7. The molecule has 5 nitrogen and oxygen atoms in total. The average molecular weight is 310 g/mol. The first-order valence-corrected chi connectivity index (χ1v) is 8.95. The highest BCUT2D eigenvalue weighted by Gasteiger charge is 2.32. The number of carbonyl (C=O) groups excluding carboxylic acids is 1. The zero-order valence-electron chi connectivity index (χ0n) is 12.7. The second-order valence-electron chi connectivity index (χ2n) is 5.89. The Balaban J connectivity index is 2.35. The van der Waals surface area contributed by atoms with Gasteiger partial charge in [-0.2, -0.15) is 0 Å². The van der Waals surface area contributed by atoms with E-state index < -0.39 is 9.84 Å². The molecule has 1 heterocycles. The number of benzene rings is 1. The Morgan fingerprint density at radius 3 is 2.62 bits per heavy atom. The van der Waals surface area contributed by atoms with Gasteiger partial charge in [-0.05, 0) is 50.4 Å². The van der Waals surface area contributed by atoms with Crippen LogP contribution in [0.15, 0.2) is 23.1 Å². The summed E-state index contributed by atoms with van der Waals surface area (Å²) in [6, 6.07) is 4.84. The molecule has 2 N–H and O–H groups in total. The smallest absolute Gasteiger partial charge is 0.254 e. The molecule has 0 radical (unpaired) electrons. The highest BCUT2D eigenvalue weighted by molar-refractivity contribution is 7.90. The van der Waals surface area contributed by atoms with Crippen LogP contribution in [0, 0.1) is 12.8 Å². The van der Waals surface area contributed by atoms with Gasteiger partial charge in [0.2, 0.25) is 0 Å². The first-order valence-electron chi connectivity index (χ1n) is 7.05. The second-order valence-corrected chi connectivity index (χ2v) is 7.91. The Morgan fingerprint density at radius 1 is 1.43 bits per heavy atom. The van der Waals surface area contributed by atoms with Crippen LogP contribution in [0.1, 0.15) is 29.3 Å². The van der Waals surface area contributed by atoms with Crippen molar-refractivity contribution in [1.82, 2.24) is 4.90 Å². The molecule has 2 atom stereocenters. The molecule has 1 amide bonds. The number of sulfone groups is 1. The summed E-state index contributed by atoms with van der Waals surface area (Å²) in [7, 11) is -3.32. The van der Waals surface area contributed by atoms with Crippen molar-refractivity contribution < 1.29 is 13.2 Å². The first kappa shape index (κ1) is 16.0. The molecule has 0 aliphatic carbocycles. The Labute approximate surface area is 126 Å². The lowest BCUT2D eigenvalue weighted by molar-refractivity contribution is 0.0742. The van der Waals surface area contributed by atoms with Crippen molar-refractivity contribution in [2.45, 2.75) is 31.2 Å². The van der Waals surface area contributed by atoms with E-state index >= 15 is 0 Å². The molecule has 1 saturated heterocycles. The molecule has 0 aromatic heterocycles. The van der Waals surface area contributed by atoms with Gasteiger partial charge in [0.1, 0.15) is 0 Å².